The maximum atomic E-state index is 5.62. The monoisotopic (exact) mass is 381 g/mol. The summed E-state index contributed by atoms with van der Waals surface area (Å²) in [6, 6.07) is 9.83. The lowest BCUT2D eigenvalue weighted by atomic mass is 10.1. The van der Waals surface area contributed by atoms with Crippen LogP contribution in [0.5, 0.6) is 28.7 Å². The molecule has 0 unspecified atom stereocenters. The van der Waals surface area contributed by atoms with Crippen LogP contribution in [0.1, 0.15) is 11.1 Å². The predicted molar refractivity (Wildman–Crippen MR) is 101 cm³/mol. The number of methoxy groups -OCH3 is 3. The summed E-state index contributed by atoms with van der Waals surface area (Å²) in [5.41, 5.74) is 2.13. The van der Waals surface area contributed by atoms with E-state index in [-0.39, 0.29) is 12.4 Å². The maximum absolute atomic E-state index is 5.62. The van der Waals surface area contributed by atoms with E-state index >= 15 is 0 Å². The largest absolute Gasteiger partial charge is 0.493 e. The number of hydrogen-bond acceptors (Lipinski definition) is 6. The van der Waals surface area contributed by atoms with Crippen molar-refractivity contribution in [3.05, 3.63) is 41.5 Å². The number of benzene rings is 2. The summed E-state index contributed by atoms with van der Waals surface area (Å²) in [7, 11) is 4.84. The molecule has 0 amide bonds. The van der Waals surface area contributed by atoms with Crippen molar-refractivity contribution in [3.8, 4) is 28.7 Å². The van der Waals surface area contributed by atoms with Crippen LogP contribution < -0.4 is 29.0 Å². The minimum atomic E-state index is 0. The first-order valence-corrected chi connectivity index (χ1v) is 8.14. The van der Waals surface area contributed by atoms with E-state index in [1.54, 1.807) is 21.3 Å². The Bertz CT molecular complexity index is 738. The summed E-state index contributed by atoms with van der Waals surface area (Å²) in [5.74, 6) is 3.53. The first-order valence-electron chi connectivity index (χ1n) is 8.14. The minimum Gasteiger partial charge on any atom is -0.493 e. The molecule has 3 rings (SSSR count). The second-order valence-electron chi connectivity index (χ2n) is 5.58. The van der Waals surface area contributed by atoms with E-state index in [1.807, 2.05) is 30.3 Å². The van der Waals surface area contributed by atoms with E-state index in [9.17, 15) is 0 Å². The van der Waals surface area contributed by atoms with E-state index in [0.29, 0.717) is 43.6 Å². The topological polar surface area (TPSA) is 58.2 Å². The van der Waals surface area contributed by atoms with E-state index in [2.05, 4.69) is 5.32 Å². The van der Waals surface area contributed by atoms with E-state index in [1.165, 1.54) is 0 Å². The molecule has 2 aromatic carbocycles. The highest BCUT2D eigenvalue weighted by Gasteiger charge is 2.16. The standard InChI is InChI=1S/C19H23NO5.ClH/c1-21-16-7-5-14(18(22-2)19(16)23-3)12-20-11-13-4-6-15-17(10-13)25-9-8-24-15;/h4-7,10,20H,8-9,11-12H2,1-3H3;1H. The molecule has 26 heavy (non-hydrogen) atoms. The molecule has 0 aliphatic carbocycles. The summed E-state index contributed by atoms with van der Waals surface area (Å²) in [6.45, 7) is 2.53. The summed E-state index contributed by atoms with van der Waals surface area (Å²) in [6.07, 6.45) is 0. The molecule has 0 bridgehead atoms. The summed E-state index contributed by atoms with van der Waals surface area (Å²) < 4.78 is 27.4. The number of hydrogen-bond donors (Lipinski definition) is 1. The number of rotatable bonds is 7. The molecule has 142 valence electrons. The van der Waals surface area contributed by atoms with E-state index in [0.717, 1.165) is 22.6 Å². The maximum Gasteiger partial charge on any atom is 0.203 e. The number of ether oxygens (including phenoxy) is 5. The third-order valence-corrected chi connectivity index (χ3v) is 4.04. The molecule has 0 spiro atoms. The van der Waals surface area contributed by atoms with Gasteiger partial charge in [0.05, 0.1) is 21.3 Å². The van der Waals surface area contributed by atoms with Crippen molar-refractivity contribution in [1.29, 1.82) is 0 Å². The number of fused-ring (bicyclic) bond motifs is 1. The van der Waals surface area contributed by atoms with Gasteiger partial charge in [0.1, 0.15) is 13.2 Å². The average Bonchev–Trinajstić information content (AvgIpc) is 2.67. The lowest BCUT2D eigenvalue weighted by molar-refractivity contribution is 0.171. The quantitative estimate of drug-likeness (QED) is 0.794. The molecule has 1 heterocycles. The molecule has 0 aromatic heterocycles. The second kappa shape index (κ2) is 9.40. The third-order valence-electron chi connectivity index (χ3n) is 4.04. The Kier molecular flexibility index (Phi) is 7.24. The molecular weight excluding hydrogens is 358 g/mol. The highest BCUT2D eigenvalue weighted by Crippen LogP contribution is 2.39. The third kappa shape index (κ3) is 4.26. The second-order valence-corrected chi connectivity index (χ2v) is 5.58. The zero-order chi connectivity index (χ0) is 17.6. The molecule has 0 saturated carbocycles. The zero-order valence-corrected chi connectivity index (χ0v) is 16.0. The Balaban J connectivity index is 0.00000243. The normalized spacial score (nSPS) is 12.1. The van der Waals surface area contributed by atoms with Crippen molar-refractivity contribution in [2.75, 3.05) is 34.5 Å². The van der Waals surface area contributed by atoms with Gasteiger partial charge in [0.25, 0.3) is 0 Å². The van der Waals surface area contributed by atoms with Crippen LogP contribution in [-0.4, -0.2) is 34.5 Å². The lowest BCUT2D eigenvalue weighted by Crippen LogP contribution is -2.17. The Hall–Kier alpha value is -2.31. The van der Waals surface area contributed by atoms with E-state index < -0.39 is 0 Å². The Morgan fingerprint density at radius 1 is 0.846 bits per heavy atom. The molecular formula is C19H24ClNO5. The fourth-order valence-electron chi connectivity index (χ4n) is 2.84. The molecule has 0 radical (unpaired) electrons. The fraction of sp³-hybridized carbons (Fsp3) is 0.368. The SMILES string of the molecule is COc1ccc(CNCc2ccc3c(c2)OCCO3)c(OC)c1OC.Cl. The van der Waals surface area contributed by atoms with Crippen LogP contribution in [0, 0.1) is 0 Å². The zero-order valence-electron chi connectivity index (χ0n) is 15.2. The predicted octanol–water partition coefficient (Wildman–Crippen LogP) is 3.20. The summed E-state index contributed by atoms with van der Waals surface area (Å²) >= 11 is 0. The van der Waals surface area contributed by atoms with Crippen molar-refractivity contribution in [2.45, 2.75) is 13.1 Å². The van der Waals surface area contributed by atoms with Gasteiger partial charge >= 0.3 is 0 Å². The summed E-state index contributed by atoms with van der Waals surface area (Å²) in [4.78, 5) is 0. The van der Waals surface area contributed by atoms with Gasteiger partial charge in [-0.25, -0.2) is 0 Å². The molecule has 6 nitrogen and oxygen atoms in total. The number of halogens is 1. The minimum absolute atomic E-state index is 0. The molecule has 7 heteroatoms. The van der Waals surface area contributed by atoms with Crippen LogP contribution in [-0.2, 0) is 13.1 Å². The van der Waals surface area contributed by atoms with Crippen LogP contribution >= 0.6 is 12.4 Å². The van der Waals surface area contributed by atoms with Gasteiger partial charge in [-0.3, -0.25) is 0 Å². The Labute approximate surface area is 159 Å². The van der Waals surface area contributed by atoms with Gasteiger partial charge in [-0.2, -0.15) is 0 Å². The van der Waals surface area contributed by atoms with Crippen LogP contribution in [0.25, 0.3) is 0 Å². The van der Waals surface area contributed by atoms with Crippen molar-refractivity contribution in [3.63, 3.8) is 0 Å². The van der Waals surface area contributed by atoms with Gasteiger partial charge in [-0.05, 0) is 23.8 Å². The van der Waals surface area contributed by atoms with Crippen molar-refractivity contribution < 1.29 is 23.7 Å². The molecule has 2 aromatic rings. The van der Waals surface area contributed by atoms with Crippen molar-refractivity contribution in [1.82, 2.24) is 5.32 Å². The Morgan fingerprint density at radius 3 is 2.27 bits per heavy atom. The van der Waals surface area contributed by atoms with Gasteiger partial charge in [0, 0.05) is 18.7 Å². The molecule has 0 fully saturated rings. The highest BCUT2D eigenvalue weighted by atomic mass is 35.5. The van der Waals surface area contributed by atoms with Gasteiger partial charge in [0.2, 0.25) is 5.75 Å². The highest BCUT2D eigenvalue weighted by molar-refractivity contribution is 5.85. The van der Waals surface area contributed by atoms with Crippen LogP contribution in [0.15, 0.2) is 30.3 Å². The van der Waals surface area contributed by atoms with E-state index in [4.69, 9.17) is 23.7 Å². The van der Waals surface area contributed by atoms with Crippen LogP contribution in [0.3, 0.4) is 0 Å². The molecule has 0 saturated heterocycles. The fourth-order valence-corrected chi connectivity index (χ4v) is 2.84. The van der Waals surface area contributed by atoms with Gasteiger partial charge in [0.15, 0.2) is 23.0 Å². The smallest absolute Gasteiger partial charge is 0.203 e. The van der Waals surface area contributed by atoms with Crippen LogP contribution in [0.2, 0.25) is 0 Å². The molecule has 1 aliphatic rings. The lowest BCUT2D eigenvalue weighted by Gasteiger charge is -2.19. The van der Waals surface area contributed by atoms with Crippen LogP contribution in [0.4, 0.5) is 0 Å². The number of nitrogens with one attached hydrogen (secondary N) is 1. The molecule has 1 aliphatic heterocycles. The van der Waals surface area contributed by atoms with Gasteiger partial charge in [-0.1, -0.05) is 12.1 Å². The first kappa shape index (κ1) is 20.0. The van der Waals surface area contributed by atoms with Crippen molar-refractivity contribution in [2.24, 2.45) is 0 Å². The van der Waals surface area contributed by atoms with Gasteiger partial charge < -0.3 is 29.0 Å². The Morgan fingerprint density at radius 2 is 1.58 bits per heavy atom. The summed E-state index contributed by atoms with van der Waals surface area (Å²) in [5, 5.41) is 3.42. The first-order chi connectivity index (χ1) is 12.3. The van der Waals surface area contributed by atoms with Gasteiger partial charge in [-0.15, -0.1) is 12.4 Å². The molecule has 0 atom stereocenters. The molecule has 1 N–H and O–H groups in total. The average molecular weight is 382 g/mol. The van der Waals surface area contributed by atoms with Crippen molar-refractivity contribution >= 4 is 12.4 Å².